The fraction of sp³-hybridized carbons (Fsp3) is 0.100. The summed E-state index contributed by atoms with van der Waals surface area (Å²) in [5, 5.41) is 15.1. The third-order valence-corrected chi connectivity index (χ3v) is 3.93. The van der Waals surface area contributed by atoms with Crippen LogP contribution in [0.1, 0.15) is 16.7 Å². The van der Waals surface area contributed by atoms with E-state index in [0.29, 0.717) is 12.0 Å². The van der Waals surface area contributed by atoms with Crippen LogP contribution in [-0.2, 0) is 17.6 Å². The Morgan fingerprint density at radius 3 is 2.88 bits per heavy atom. The lowest BCUT2D eigenvalue weighted by atomic mass is 10.1. The molecule has 1 aromatic heterocycles. The van der Waals surface area contributed by atoms with Gasteiger partial charge in [-0.3, -0.25) is 4.79 Å². The molecule has 0 unspecified atom stereocenters. The Morgan fingerprint density at radius 2 is 2.04 bits per heavy atom. The standard InChI is InChI=1S/C20H19N3O2/c1-2-6-14-7-5-8-15(20(14)25)13-22-23-19(24)11-16-12-21-18-10-4-3-9-17(16)18/h2-5,7-10,12-13,21,25H,1,6,11H2,(H,23,24)/b22-13+. The fourth-order valence-corrected chi connectivity index (χ4v) is 2.70. The molecule has 5 nitrogen and oxygen atoms in total. The molecule has 0 bridgehead atoms. The largest absolute Gasteiger partial charge is 0.507 e. The number of phenols is 1. The van der Waals surface area contributed by atoms with Gasteiger partial charge in [-0.25, -0.2) is 5.43 Å². The third-order valence-electron chi connectivity index (χ3n) is 3.93. The number of aromatic hydroxyl groups is 1. The summed E-state index contributed by atoms with van der Waals surface area (Å²) in [6.07, 6.45) is 5.79. The molecule has 3 aromatic rings. The molecule has 0 saturated carbocycles. The first-order chi connectivity index (χ1) is 12.2. The second-order valence-corrected chi connectivity index (χ2v) is 5.68. The van der Waals surface area contributed by atoms with Crippen LogP contribution < -0.4 is 5.43 Å². The molecule has 5 heteroatoms. The van der Waals surface area contributed by atoms with E-state index in [2.05, 4.69) is 22.1 Å². The van der Waals surface area contributed by atoms with Crippen LogP contribution in [-0.4, -0.2) is 22.2 Å². The Kier molecular flexibility index (Phi) is 4.95. The molecule has 0 aliphatic carbocycles. The van der Waals surface area contributed by atoms with E-state index in [0.717, 1.165) is 22.0 Å². The minimum Gasteiger partial charge on any atom is -0.507 e. The predicted octanol–water partition coefficient (Wildman–Crippen LogP) is 3.29. The molecule has 0 atom stereocenters. The van der Waals surface area contributed by atoms with E-state index in [1.54, 1.807) is 12.1 Å². The normalized spacial score (nSPS) is 11.0. The zero-order valence-electron chi connectivity index (χ0n) is 13.7. The topological polar surface area (TPSA) is 77.5 Å². The van der Waals surface area contributed by atoms with Crippen molar-refractivity contribution in [3.63, 3.8) is 0 Å². The lowest BCUT2D eigenvalue weighted by Crippen LogP contribution is -2.19. The molecule has 0 fully saturated rings. The van der Waals surface area contributed by atoms with Crippen molar-refractivity contribution in [1.82, 2.24) is 10.4 Å². The number of allylic oxidation sites excluding steroid dienone is 1. The molecule has 3 rings (SSSR count). The van der Waals surface area contributed by atoms with Gasteiger partial charge in [-0.1, -0.05) is 36.4 Å². The van der Waals surface area contributed by atoms with Gasteiger partial charge in [0.25, 0.3) is 0 Å². The average Bonchev–Trinajstić information content (AvgIpc) is 3.01. The van der Waals surface area contributed by atoms with Gasteiger partial charge in [0, 0.05) is 22.7 Å². The highest BCUT2D eigenvalue weighted by Crippen LogP contribution is 2.21. The number of rotatable bonds is 6. The number of hydrazone groups is 1. The number of H-pyrrole nitrogens is 1. The van der Waals surface area contributed by atoms with Gasteiger partial charge < -0.3 is 10.1 Å². The first kappa shape index (κ1) is 16.5. The summed E-state index contributed by atoms with van der Waals surface area (Å²) < 4.78 is 0. The molecule has 25 heavy (non-hydrogen) atoms. The van der Waals surface area contributed by atoms with Gasteiger partial charge in [0.2, 0.25) is 5.91 Å². The van der Waals surface area contributed by atoms with Gasteiger partial charge in [-0.2, -0.15) is 5.10 Å². The molecule has 0 aliphatic rings. The lowest BCUT2D eigenvalue weighted by Gasteiger charge is -2.04. The number of carbonyl (C=O) groups is 1. The molecular weight excluding hydrogens is 314 g/mol. The Bertz CT molecular complexity index is 941. The number of aromatic amines is 1. The van der Waals surface area contributed by atoms with Crippen molar-refractivity contribution >= 4 is 23.0 Å². The van der Waals surface area contributed by atoms with Crippen LogP contribution in [0.25, 0.3) is 10.9 Å². The van der Waals surface area contributed by atoms with E-state index in [9.17, 15) is 9.90 Å². The van der Waals surface area contributed by atoms with Crippen molar-refractivity contribution in [3.05, 3.63) is 78.0 Å². The summed E-state index contributed by atoms with van der Waals surface area (Å²) in [5.74, 6) is -0.0697. The van der Waals surface area contributed by atoms with Crippen LogP contribution in [0.5, 0.6) is 5.75 Å². The van der Waals surface area contributed by atoms with Gasteiger partial charge in [-0.05, 0) is 29.7 Å². The first-order valence-electron chi connectivity index (χ1n) is 7.97. The number of carbonyl (C=O) groups excluding carboxylic acids is 1. The van der Waals surface area contributed by atoms with Gasteiger partial charge in [-0.15, -0.1) is 6.58 Å². The highest BCUT2D eigenvalue weighted by atomic mass is 16.3. The van der Waals surface area contributed by atoms with Gasteiger partial charge in [0.15, 0.2) is 0 Å². The molecule has 1 amide bonds. The highest BCUT2D eigenvalue weighted by molar-refractivity contribution is 5.90. The number of phenolic OH excluding ortho intramolecular Hbond substituents is 1. The second-order valence-electron chi connectivity index (χ2n) is 5.68. The minimum absolute atomic E-state index is 0.150. The maximum Gasteiger partial charge on any atom is 0.244 e. The fourth-order valence-electron chi connectivity index (χ4n) is 2.70. The molecule has 0 saturated heterocycles. The van der Waals surface area contributed by atoms with Crippen molar-refractivity contribution in [3.8, 4) is 5.75 Å². The van der Waals surface area contributed by atoms with Crippen molar-refractivity contribution in [2.24, 2.45) is 5.10 Å². The smallest absolute Gasteiger partial charge is 0.244 e. The summed E-state index contributed by atoms with van der Waals surface area (Å²) in [7, 11) is 0. The van der Waals surface area contributed by atoms with Gasteiger partial charge in [0.1, 0.15) is 5.75 Å². The molecule has 1 heterocycles. The van der Waals surface area contributed by atoms with Crippen LogP contribution in [0.15, 0.2) is 66.4 Å². The maximum absolute atomic E-state index is 12.1. The van der Waals surface area contributed by atoms with Crippen LogP contribution in [0.4, 0.5) is 0 Å². The number of para-hydroxylation sites is 2. The Morgan fingerprint density at radius 1 is 1.20 bits per heavy atom. The van der Waals surface area contributed by atoms with Crippen molar-refractivity contribution < 1.29 is 9.90 Å². The average molecular weight is 333 g/mol. The Balaban J connectivity index is 1.65. The Labute approximate surface area is 145 Å². The first-order valence-corrected chi connectivity index (χ1v) is 7.97. The molecule has 0 aliphatic heterocycles. The van der Waals surface area contributed by atoms with Crippen molar-refractivity contribution in [1.29, 1.82) is 0 Å². The Hall–Kier alpha value is -3.34. The van der Waals surface area contributed by atoms with Crippen LogP contribution in [0.2, 0.25) is 0 Å². The number of nitrogens with zero attached hydrogens (tertiary/aromatic N) is 1. The van der Waals surface area contributed by atoms with E-state index in [-0.39, 0.29) is 18.1 Å². The minimum atomic E-state index is -0.220. The molecule has 126 valence electrons. The summed E-state index contributed by atoms with van der Waals surface area (Å²) >= 11 is 0. The van der Waals surface area contributed by atoms with E-state index in [1.165, 1.54) is 6.21 Å². The van der Waals surface area contributed by atoms with E-state index in [1.807, 2.05) is 42.6 Å². The summed E-state index contributed by atoms with van der Waals surface area (Å²) in [6, 6.07) is 13.2. The highest BCUT2D eigenvalue weighted by Gasteiger charge is 2.08. The van der Waals surface area contributed by atoms with Gasteiger partial charge >= 0.3 is 0 Å². The lowest BCUT2D eigenvalue weighted by molar-refractivity contribution is -0.120. The summed E-state index contributed by atoms with van der Waals surface area (Å²) in [4.78, 5) is 15.2. The van der Waals surface area contributed by atoms with Gasteiger partial charge in [0.05, 0.1) is 12.6 Å². The number of hydrogen-bond acceptors (Lipinski definition) is 3. The summed E-state index contributed by atoms with van der Waals surface area (Å²) in [5.41, 5.74) is 5.73. The zero-order valence-corrected chi connectivity index (χ0v) is 13.7. The number of amides is 1. The van der Waals surface area contributed by atoms with Crippen molar-refractivity contribution in [2.45, 2.75) is 12.8 Å². The predicted molar refractivity (Wildman–Crippen MR) is 99.7 cm³/mol. The van der Waals surface area contributed by atoms with E-state index < -0.39 is 0 Å². The molecule has 0 radical (unpaired) electrons. The molecule has 0 spiro atoms. The van der Waals surface area contributed by atoms with Crippen LogP contribution in [0, 0.1) is 0 Å². The monoisotopic (exact) mass is 333 g/mol. The second kappa shape index (κ2) is 7.49. The number of nitrogens with one attached hydrogen (secondary N) is 2. The number of hydrogen-bond donors (Lipinski definition) is 3. The molecular formula is C20H19N3O2. The number of aromatic nitrogens is 1. The molecule has 2 aromatic carbocycles. The maximum atomic E-state index is 12.1. The quantitative estimate of drug-likeness (QED) is 0.368. The van der Waals surface area contributed by atoms with Crippen LogP contribution in [0.3, 0.4) is 0 Å². The van der Waals surface area contributed by atoms with E-state index in [4.69, 9.17) is 0 Å². The zero-order chi connectivity index (χ0) is 17.6. The number of benzene rings is 2. The SMILES string of the molecule is C=CCc1cccc(/C=N/NC(=O)Cc2c[nH]c3ccccc23)c1O. The van der Waals surface area contributed by atoms with Crippen LogP contribution >= 0.6 is 0 Å². The molecule has 3 N–H and O–H groups in total. The van der Waals surface area contributed by atoms with E-state index >= 15 is 0 Å². The van der Waals surface area contributed by atoms with Crippen molar-refractivity contribution in [2.75, 3.05) is 0 Å². The third kappa shape index (κ3) is 3.77. The number of fused-ring (bicyclic) bond motifs is 1. The summed E-state index contributed by atoms with van der Waals surface area (Å²) in [6.45, 7) is 3.66.